The molecule has 1 atom stereocenters. The van der Waals surface area contributed by atoms with E-state index in [-0.39, 0.29) is 23.1 Å². The van der Waals surface area contributed by atoms with Crippen molar-refractivity contribution in [3.8, 4) is 5.75 Å². The molecule has 1 saturated heterocycles. The van der Waals surface area contributed by atoms with Crippen LogP contribution in [0.15, 0.2) is 18.2 Å². The van der Waals surface area contributed by atoms with Crippen LogP contribution in [0.4, 0.5) is 4.39 Å². The fourth-order valence-electron chi connectivity index (χ4n) is 2.31. The molecule has 22 heavy (non-hydrogen) atoms. The van der Waals surface area contributed by atoms with Gasteiger partial charge in [0.1, 0.15) is 11.6 Å². The molecule has 0 N–H and O–H groups in total. The summed E-state index contributed by atoms with van der Waals surface area (Å²) < 4.78 is 43.5. The lowest BCUT2D eigenvalue weighted by atomic mass is 10.00. The Kier molecular flexibility index (Phi) is 5.41. The number of nitrogens with zero attached hydrogens (tertiary/aromatic N) is 1. The van der Waals surface area contributed by atoms with Crippen LogP contribution in [-0.4, -0.2) is 37.5 Å². The van der Waals surface area contributed by atoms with Gasteiger partial charge in [0.15, 0.2) is 0 Å². The van der Waals surface area contributed by atoms with Crippen molar-refractivity contribution in [1.29, 1.82) is 0 Å². The third-order valence-electron chi connectivity index (χ3n) is 3.59. The zero-order valence-corrected chi connectivity index (χ0v) is 13.7. The van der Waals surface area contributed by atoms with E-state index < -0.39 is 27.7 Å². The molecule has 0 saturated carbocycles. The minimum absolute atomic E-state index is 0.00281. The molecule has 1 fully saturated rings. The van der Waals surface area contributed by atoms with Gasteiger partial charge in [-0.25, -0.2) is 17.1 Å². The summed E-state index contributed by atoms with van der Waals surface area (Å²) in [7, 11) is -3.32. The monoisotopic (exact) mass is 349 g/mol. The first-order valence-corrected chi connectivity index (χ1v) is 8.96. The van der Waals surface area contributed by atoms with Crippen molar-refractivity contribution in [2.45, 2.75) is 19.8 Å². The highest BCUT2D eigenvalue weighted by Crippen LogP contribution is 2.24. The number of hydrogen-bond donors (Lipinski definition) is 0. The lowest BCUT2D eigenvalue weighted by Crippen LogP contribution is -2.43. The Bertz CT molecular complexity index is 665. The lowest BCUT2D eigenvalue weighted by Gasteiger charge is -2.30. The van der Waals surface area contributed by atoms with Gasteiger partial charge in [0.05, 0.1) is 16.7 Å². The van der Waals surface area contributed by atoms with E-state index >= 15 is 0 Å². The van der Waals surface area contributed by atoms with Gasteiger partial charge in [-0.05, 0) is 31.9 Å². The minimum atomic E-state index is -3.32. The highest BCUT2D eigenvalue weighted by atomic mass is 35.5. The average molecular weight is 350 g/mol. The number of rotatable bonds is 4. The van der Waals surface area contributed by atoms with E-state index in [1.165, 1.54) is 16.4 Å². The molecule has 5 nitrogen and oxygen atoms in total. The van der Waals surface area contributed by atoms with Gasteiger partial charge in [-0.1, -0.05) is 11.6 Å². The highest BCUT2D eigenvalue weighted by Gasteiger charge is 2.32. The third-order valence-corrected chi connectivity index (χ3v) is 5.74. The molecule has 0 unspecified atom stereocenters. The van der Waals surface area contributed by atoms with Crippen LogP contribution in [0.2, 0.25) is 5.02 Å². The average Bonchev–Trinajstić information content (AvgIpc) is 2.51. The van der Waals surface area contributed by atoms with Crippen molar-refractivity contribution in [3.05, 3.63) is 29.0 Å². The SMILES string of the molecule is CCS(=O)(=O)N1CCC[C@H](C(=O)Oc2ccc(Cl)c(F)c2)C1. The Balaban J connectivity index is 2.04. The van der Waals surface area contributed by atoms with Crippen molar-refractivity contribution in [3.63, 3.8) is 0 Å². The summed E-state index contributed by atoms with van der Waals surface area (Å²) in [5, 5.41) is -0.0577. The van der Waals surface area contributed by atoms with Gasteiger partial charge in [0.2, 0.25) is 10.0 Å². The first-order valence-electron chi connectivity index (χ1n) is 6.98. The number of carbonyl (C=O) groups is 1. The molecule has 0 aromatic heterocycles. The molecule has 0 spiro atoms. The molecule has 0 aliphatic carbocycles. The van der Waals surface area contributed by atoms with Gasteiger partial charge < -0.3 is 4.74 Å². The smallest absolute Gasteiger partial charge is 0.315 e. The molecular weight excluding hydrogens is 333 g/mol. The van der Waals surface area contributed by atoms with Gasteiger partial charge in [-0.3, -0.25) is 4.79 Å². The Morgan fingerprint density at radius 2 is 2.23 bits per heavy atom. The van der Waals surface area contributed by atoms with Crippen molar-refractivity contribution in [1.82, 2.24) is 4.31 Å². The van der Waals surface area contributed by atoms with E-state index in [4.69, 9.17) is 16.3 Å². The van der Waals surface area contributed by atoms with Crippen LogP contribution in [0.3, 0.4) is 0 Å². The second kappa shape index (κ2) is 6.93. The summed E-state index contributed by atoms with van der Waals surface area (Å²) in [6.07, 6.45) is 1.14. The summed E-state index contributed by atoms with van der Waals surface area (Å²) in [6, 6.07) is 3.73. The van der Waals surface area contributed by atoms with Gasteiger partial charge in [0.25, 0.3) is 0 Å². The molecule has 2 rings (SSSR count). The Morgan fingerprint density at radius 3 is 2.86 bits per heavy atom. The van der Waals surface area contributed by atoms with Crippen LogP contribution < -0.4 is 4.74 Å². The van der Waals surface area contributed by atoms with Gasteiger partial charge >= 0.3 is 5.97 Å². The second-order valence-electron chi connectivity index (χ2n) is 5.09. The maximum absolute atomic E-state index is 13.3. The molecule has 8 heteroatoms. The summed E-state index contributed by atoms with van der Waals surface area (Å²) in [5.74, 6) is -1.73. The van der Waals surface area contributed by atoms with Crippen LogP contribution in [0, 0.1) is 11.7 Å². The number of esters is 1. The second-order valence-corrected chi connectivity index (χ2v) is 7.76. The molecule has 0 radical (unpaired) electrons. The minimum Gasteiger partial charge on any atom is -0.426 e. The molecule has 0 amide bonds. The maximum atomic E-state index is 13.3. The number of piperidine rings is 1. The van der Waals surface area contributed by atoms with Crippen LogP contribution in [-0.2, 0) is 14.8 Å². The third kappa shape index (κ3) is 3.97. The molecular formula is C14H17ClFNO4S. The predicted molar refractivity (Wildman–Crippen MR) is 80.8 cm³/mol. The number of halogens is 2. The number of ether oxygens (including phenoxy) is 1. The maximum Gasteiger partial charge on any atom is 0.315 e. The van der Waals surface area contributed by atoms with E-state index in [0.29, 0.717) is 19.4 Å². The van der Waals surface area contributed by atoms with Crippen molar-refractivity contribution >= 4 is 27.6 Å². The Morgan fingerprint density at radius 1 is 1.50 bits per heavy atom. The van der Waals surface area contributed by atoms with Crippen LogP contribution >= 0.6 is 11.6 Å². The summed E-state index contributed by atoms with van der Waals surface area (Å²) in [5.41, 5.74) is 0. The van der Waals surface area contributed by atoms with Crippen molar-refractivity contribution < 1.29 is 22.3 Å². The standard InChI is InChI=1S/C14H17ClFNO4S/c1-2-22(19,20)17-7-3-4-10(9-17)14(18)21-11-5-6-12(15)13(16)8-11/h5-6,8,10H,2-4,7,9H2,1H3/t10-/m0/s1. The van der Waals surface area contributed by atoms with Crippen LogP contribution in [0.1, 0.15) is 19.8 Å². The van der Waals surface area contributed by atoms with Crippen LogP contribution in [0.5, 0.6) is 5.75 Å². The molecule has 0 bridgehead atoms. The molecule has 1 aliphatic rings. The topological polar surface area (TPSA) is 63.7 Å². The summed E-state index contributed by atoms with van der Waals surface area (Å²) >= 11 is 5.56. The fourth-order valence-corrected chi connectivity index (χ4v) is 3.61. The first-order chi connectivity index (χ1) is 10.3. The number of carbonyl (C=O) groups excluding carboxylic acids is 1. The zero-order chi connectivity index (χ0) is 16.3. The Hall–Kier alpha value is -1.18. The molecule has 1 aliphatic heterocycles. The van der Waals surface area contributed by atoms with Crippen molar-refractivity contribution in [2.24, 2.45) is 5.92 Å². The fraction of sp³-hybridized carbons (Fsp3) is 0.500. The largest absolute Gasteiger partial charge is 0.426 e. The summed E-state index contributed by atoms with van der Waals surface area (Å²) in [4.78, 5) is 12.1. The van der Waals surface area contributed by atoms with E-state index in [0.717, 1.165) is 6.07 Å². The molecule has 122 valence electrons. The van der Waals surface area contributed by atoms with Gasteiger partial charge in [-0.2, -0.15) is 0 Å². The predicted octanol–water partition coefficient (Wildman–Crippen LogP) is 2.45. The normalized spacial score (nSPS) is 19.9. The highest BCUT2D eigenvalue weighted by molar-refractivity contribution is 7.89. The van der Waals surface area contributed by atoms with E-state index in [2.05, 4.69) is 0 Å². The van der Waals surface area contributed by atoms with Gasteiger partial charge in [0, 0.05) is 19.2 Å². The molecule has 1 heterocycles. The lowest BCUT2D eigenvalue weighted by molar-refractivity contribution is -0.140. The molecule has 1 aromatic carbocycles. The van der Waals surface area contributed by atoms with E-state index in [9.17, 15) is 17.6 Å². The number of sulfonamides is 1. The zero-order valence-electron chi connectivity index (χ0n) is 12.1. The van der Waals surface area contributed by atoms with E-state index in [1.54, 1.807) is 6.92 Å². The van der Waals surface area contributed by atoms with Gasteiger partial charge in [-0.15, -0.1) is 0 Å². The number of hydrogen-bond acceptors (Lipinski definition) is 4. The molecule has 1 aromatic rings. The summed E-state index contributed by atoms with van der Waals surface area (Å²) in [6.45, 7) is 2.08. The van der Waals surface area contributed by atoms with Crippen LogP contribution in [0.25, 0.3) is 0 Å². The Labute approximate surface area is 134 Å². The van der Waals surface area contributed by atoms with Crippen molar-refractivity contribution in [2.75, 3.05) is 18.8 Å². The number of benzene rings is 1. The van der Waals surface area contributed by atoms with E-state index in [1.807, 2.05) is 0 Å². The first kappa shape index (κ1) is 17.2. The quantitative estimate of drug-likeness (QED) is 0.618.